The Hall–Kier alpha value is -4.17. The number of carbonyl (C=O) groups is 2. The molecule has 41 heavy (non-hydrogen) atoms. The number of aromatic nitrogens is 4. The summed E-state index contributed by atoms with van der Waals surface area (Å²) < 4.78 is 53.2. The van der Waals surface area contributed by atoms with Crippen molar-refractivity contribution >= 4 is 72.4 Å². The molecule has 0 aliphatic carbocycles. The van der Waals surface area contributed by atoms with Gasteiger partial charge in [-0.1, -0.05) is 22.9 Å². The van der Waals surface area contributed by atoms with E-state index in [0.29, 0.717) is 28.3 Å². The number of nitrogens with one attached hydrogen (secondary N) is 1. The van der Waals surface area contributed by atoms with Gasteiger partial charge in [-0.25, -0.2) is 32.7 Å². The lowest BCUT2D eigenvalue weighted by Crippen LogP contribution is -2.37. The number of rotatable bonds is 2. The third-order valence-electron chi connectivity index (χ3n) is 6.46. The number of anilines is 1. The number of halogens is 4. The van der Waals surface area contributed by atoms with E-state index in [9.17, 15) is 19.1 Å². The van der Waals surface area contributed by atoms with Crippen LogP contribution in [0.5, 0.6) is 0 Å². The molecule has 2 aromatic carbocycles. The fourth-order valence-electron chi connectivity index (χ4n) is 4.85. The van der Waals surface area contributed by atoms with Crippen molar-refractivity contribution in [2.75, 3.05) is 11.9 Å². The zero-order valence-corrected chi connectivity index (χ0v) is 23.3. The predicted molar refractivity (Wildman–Crippen MR) is 147 cm³/mol. The molecule has 0 spiro atoms. The first-order valence-electron chi connectivity index (χ1n) is 12.2. The van der Waals surface area contributed by atoms with Gasteiger partial charge < -0.3 is 14.4 Å². The van der Waals surface area contributed by atoms with E-state index in [1.54, 1.807) is 25.3 Å². The topological polar surface area (TPSA) is 122 Å². The van der Waals surface area contributed by atoms with Gasteiger partial charge in [-0.15, -0.1) is 0 Å². The van der Waals surface area contributed by atoms with E-state index in [0.717, 1.165) is 11.3 Å². The molecule has 1 aliphatic rings. The Labute approximate surface area is 238 Å². The van der Waals surface area contributed by atoms with E-state index in [1.165, 1.54) is 17.2 Å². The minimum Gasteiger partial charge on any atom is -0.465 e. The van der Waals surface area contributed by atoms with E-state index in [-0.39, 0.29) is 51.1 Å². The Kier molecular flexibility index (Phi) is 6.23. The second kappa shape index (κ2) is 9.45. The highest BCUT2D eigenvalue weighted by molar-refractivity contribution is 7.22. The smallest absolute Gasteiger partial charge is 0.413 e. The molecule has 2 amide bonds. The number of carbonyl (C=O) groups excluding carboxylic acids is 1. The van der Waals surface area contributed by atoms with Crippen LogP contribution in [0.1, 0.15) is 26.6 Å². The molecule has 0 atom stereocenters. The van der Waals surface area contributed by atoms with Crippen LogP contribution in [0.15, 0.2) is 18.3 Å². The Morgan fingerprint density at radius 1 is 1.10 bits per heavy atom. The number of nitrogens with zero attached hydrogens (tertiary/aromatic N) is 5. The summed E-state index contributed by atoms with van der Waals surface area (Å²) in [5.41, 5.74) is -1.05. The number of fused-ring (bicyclic) bond motifs is 6. The number of carboxylic acid groups (broad SMARTS) is 1. The molecule has 0 saturated carbocycles. The standard InChI is InChI=1S/C26H20ClF3N6O4S/c1-26(2,3)40-24(37)34-23-33-20-17(12(28)7-13(29)22(20)41-23)16-11(27)6-10-19(18(16)30)31-8-14-21(10)36-5-4-35(25(38)39)9-15(36)32-14/h6-8H,4-5,9H2,1-3H3,(H,38,39)(H,33,34,37). The Morgan fingerprint density at radius 2 is 1.85 bits per heavy atom. The summed E-state index contributed by atoms with van der Waals surface area (Å²) in [4.78, 5) is 37.7. The lowest BCUT2D eigenvalue weighted by molar-refractivity contribution is 0.0636. The van der Waals surface area contributed by atoms with Crippen molar-refractivity contribution in [3.8, 4) is 11.1 Å². The summed E-state index contributed by atoms with van der Waals surface area (Å²) in [5.74, 6) is -2.56. The van der Waals surface area contributed by atoms with Crippen LogP contribution in [-0.2, 0) is 17.8 Å². The van der Waals surface area contributed by atoms with Gasteiger partial charge >= 0.3 is 12.2 Å². The van der Waals surface area contributed by atoms with Crippen LogP contribution in [0.4, 0.5) is 27.9 Å². The van der Waals surface area contributed by atoms with Gasteiger partial charge in [0.2, 0.25) is 0 Å². The fraction of sp³-hybridized carbons (Fsp3) is 0.269. The second-order valence-electron chi connectivity index (χ2n) is 10.4. The number of imidazole rings is 1. The van der Waals surface area contributed by atoms with E-state index < -0.39 is 40.8 Å². The SMILES string of the molecule is CC(C)(C)OC(=O)Nc1nc2c(-c3c(Cl)cc4c(ncc5nc6n(c54)CCN(C(=O)O)C6)c3F)c(F)cc(F)c2s1. The second-order valence-corrected chi connectivity index (χ2v) is 11.8. The van der Waals surface area contributed by atoms with Crippen molar-refractivity contribution in [3.63, 3.8) is 0 Å². The molecular weight excluding hydrogens is 585 g/mol. The molecule has 0 fully saturated rings. The number of hydrogen-bond acceptors (Lipinski definition) is 7. The third-order valence-corrected chi connectivity index (χ3v) is 7.74. The van der Waals surface area contributed by atoms with Gasteiger partial charge in [-0.3, -0.25) is 15.2 Å². The summed E-state index contributed by atoms with van der Waals surface area (Å²) in [7, 11) is 0. The lowest BCUT2D eigenvalue weighted by Gasteiger charge is -2.25. The average Bonchev–Trinajstić information content (AvgIpc) is 3.45. The number of ether oxygens (including phenoxy) is 1. The average molecular weight is 605 g/mol. The van der Waals surface area contributed by atoms with Gasteiger partial charge in [0.25, 0.3) is 0 Å². The quantitative estimate of drug-likeness (QED) is 0.228. The van der Waals surface area contributed by atoms with E-state index in [4.69, 9.17) is 16.3 Å². The summed E-state index contributed by atoms with van der Waals surface area (Å²) in [6.45, 7) is 5.51. The molecule has 2 N–H and O–H groups in total. The van der Waals surface area contributed by atoms with Crippen LogP contribution in [0.25, 0.3) is 43.3 Å². The van der Waals surface area contributed by atoms with Crippen LogP contribution < -0.4 is 5.32 Å². The molecule has 15 heteroatoms. The first-order chi connectivity index (χ1) is 19.3. The number of thiazole rings is 1. The van der Waals surface area contributed by atoms with Crippen molar-refractivity contribution < 1.29 is 32.6 Å². The van der Waals surface area contributed by atoms with Crippen molar-refractivity contribution in [1.29, 1.82) is 0 Å². The minimum atomic E-state index is -1.11. The predicted octanol–water partition coefficient (Wildman–Crippen LogP) is 6.77. The molecular formula is C26H20ClF3N6O4S. The molecule has 5 aromatic rings. The van der Waals surface area contributed by atoms with E-state index in [2.05, 4.69) is 20.3 Å². The zero-order valence-electron chi connectivity index (χ0n) is 21.7. The van der Waals surface area contributed by atoms with Gasteiger partial charge in [-0.05, 0) is 26.8 Å². The lowest BCUT2D eigenvalue weighted by atomic mass is 10.00. The highest BCUT2D eigenvalue weighted by atomic mass is 35.5. The third kappa shape index (κ3) is 4.56. The van der Waals surface area contributed by atoms with Gasteiger partial charge in [0, 0.05) is 35.7 Å². The van der Waals surface area contributed by atoms with E-state index in [1.807, 2.05) is 0 Å². The van der Waals surface area contributed by atoms with Gasteiger partial charge in [0.15, 0.2) is 10.9 Å². The zero-order chi connectivity index (χ0) is 29.4. The summed E-state index contributed by atoms with van der Waals surface area (Å²) >= 11 is 7.30. The first kappa shape index (κ1) is 27.0. The van der Waals surface area contributed by atoms with Crippen LogP contribution in [0, 0.1) is 17.5 Å². The highest BCUT2D eigenvalue weighted by Crippen LogP contribution is 2.44. The summed E-state index contributed by atoms with van der Waals surface area (Å²) in [5, 5.41) is 11.8. The van der Waals surface area contributed by atoms with Crippen LogP contribution in [-0.4, -0.2) is 53.9 Å². The maximum absolute atomic E-state index is 16.2. The van der Waals surface area contributed by atoms with Crippen LogP contribution >= 0.6 is 22.9 Å². The molecule has 4 heterocycles. The Morgan fingerprint density at radius 3 is 2.56 bits per heavy atom. The molecule has 212 valence electrons. The van der Waals surface area contributed by atoms with Crippen LogP contribution in [0.2, 0.25) is 5.02 Å². The molecule has 6 rings (SSSR count). The molecule has 0 radical (unpaired) electrons. The molecule has 3 aromatic heterocycles. The number of pyridine rings is 1. The molecule has 10 nitrogen and oxygen atoms in total. The maximum Gasteiger partial charge on any atom is 0.413 e. The number of amides is 2. The van der Waals surface area contributed by atoms with Crippen molar-refractivity contribution in [3.05, 3.63) is 46.6 Å². The monoisotopic (exact) mass is 604 g/mol. The number of benzene rings is 2. The number of hydrogen-bond donors (Lipinski definition) is 2. The summed E-state index contributed by atoms with van der Waals surface area (Å²) in [6.07, 6.45) is -0.584. The Bertz CT molecular complexity index is 1940. The highest BCUT2D eigenvalue weighted by Gasteiger charge is 2.29. The normalized spacial score (nSPS) is 13.7. The molecule has 0 unspecified atom stereocenters. The van der Waals surface area contributed by atoms with E-state index >= 15 is 8.78 Å². The molecule has 1 aliphatic heterocycles. The molecule has 0 saturated heterocycles. The minimum absolute atomic E-state index is 0.0437. The first-order valence-corrected chi connectivity index (χ1v) is 13.4. The summed E-state index contributed by atoms with van der Waals surface area (Å²) in [6, 6.07) is 2.02. The van der Waals surface area contributed by atoms with Gasteiger partial charge in [-0.2, -0.15) is 0 Å². The van der Waals surface area contributed by atoms with Crippen molar-refractivity contribution in [2.45, 2.75) is 39.5 Å². The molecule has 0 bridgehead atoms. The van der Waals surface area contributed by atoms with Gasteiger partial charge in [0.05, 0.1) is 33.5 Å². The maximum atomic E-state index is 16.2. The van der Waals surface area contributed by atoms with Crippen LogP contribution in [0.3, 0.4) is 0 Å². The van der Waals surface area contributed by atoms with Gasteiger partial charge in [0.1, 0.15) is 34.1 Å². The van der Waals surface area contributed by atoms with Crippen molar-refractivity contribution in [2.24, 2.45) is 0 Å². The largest absolute Gasteiger partial charge is 0.465 e. The Balaban J connectivity index is 1.51. The fourth-order valence-corrected chi connectivity index (χ4v) is 6.01. The van der Waals surface area contributed by atoms with Crippen molar-refractivity contribution in [1.82, 2.24) is 24.4 Å².